The fourth-order valence-electron chi connectivity index (χ4n) is 2.03. The SMILES string of the molecule is Cc1noc(C)c1Cn1nnn(-c2ccccc2Cl)c1=O. The summed E-state index contributed by atoms with van der Waals surface area (Å²) in [5, 5.41) is 12.0. The van der Waals surface area contributed by atoms with Crippen LogP contribution in [-0.4, -0.2) is 24.9 Å². The molecule has 0 aliphatic carbocycles. The highest BCUT2D eigenvalue weighted by atomic mass is 35.5. The molecule has 7 nitrogen and oxygen atoms in total. The van der Waals surface area contributed by atoms with Gasteiger partial charge in [-0.1, -0.05) is 28.9 Å². The first-order valence-electron chi connectivity index (χ1n) is 6.27. The standard InChI is InChI=1S/C13H12ClN5O2/c1-8-10(9(2)21-15-8)7-18-13(20)19(17-16-18)12-6-4-3-5-11(12)14/h3-6H,7H2,1-2H3. The lowest BCUT2D eigenvalue weighted by atomic mass is 10.2. The van der Waals surface area contributed by atoms with Crippen molar-refractivity contribution in [3.05, 3.63) is 56.8 Å². The summed E-state index contributed by atoms with van der Waals surface area (Å²) in [5.41, 5.74) is 1.67. The third kappa shape index (κ3) is 2.36. The van der Waals surface area contributed by atoms with Gasteiger partial charge in [0.25, 0.3) is 0 Å². The van der Waals surface area contributed by atoms with E-state index in [1.54, 1.807) is 31.2 Å². The zero-order chi connectivity index (χ0) is 15.0. The van der Waals surface area contributed by atoms with Crippen LogP contribution in [0.4, 0.5) is 0 Å². The molecule has 2 heterocycles. The number of rotatable bonds is 3. The fraction of sp³-hybridized carbons (Fsp3) is 0.231. The lowest BCUT2D eigenvalue weighted by molar-refractivity contribution is 0.391. The summed E-state index contributed by atoms with van der Waals surface area (Å²) < 4.78 is 7.49. The number of aromatic nitrogens is 5. The summed E-state index contributed by atoms with van der Waals surface area (Å²) in [6.45, 7) is 3.86. The van der Waals surface area contributed by atoms with Crippen molar-refractivity contribution in [3.8, 4) is 5.69 Å². The Hall–Kier alpha value is -2.41. The highest BCUT2D eigenvalue weighted by Crippen LogP contribution is 2.17. The van der Waals surface area contributed by atoms with Crippen molar-refractivity contribution in [1.29, 1.82) is 0 Å². The maximum atomic E-state index is 12.4. The number of nitrogens with zero attached hydrogens (tertiary/aromatic N) is 5. The maximum absolute atomic E-state index is 12.4. The number of aryl methyl sites for hydroxylation is 2. The van der Waals surface area contributed by atoms with Crippen LogP contribution in [0.1, 0.15) is 17.0 Å². The van der Waals surface area contributed by atoms with Gasteiger partial charge in [0.05, 0.1) is 22.9 Å². The van der Waals surface area contributed by atoms with Crippen molar-refractivity contribution in [3.63, 3.8) is 0 Å². The van der Waals surface area contributed by atoms with Gasteiger partial charge in [-0.2, -0.15) is 9.36 Å². The van der Waals surface area contributed by atoms with Crippen LogP contribution in [-0.2, 0) is 6.54 Å². The van der Waals surface area contributed by atoms with Crippen LogP contribution in [0.2, 0.25) is 5.02 Å². The van der Waals surface area contributed by atoms with E-state index < -0.39 is 0 Å². The summed E-state index contributed by atoms with van der Waals surface area (Å²) in [5.74, 6) is 0.659. The highest BCUT2D eigenvalue weighted by Gasteiger charge is 2.15. The number of benzene rings is 1. The molecule has 3 rings (SSSR count). The quantitative estimate of drug-likeness (QED) is 0.736. The first-order valence-corrected chi connectivity index (χ1v) is 6.65. The van der Waals surface area contributed by atoms with Gasteiger partial charge in [0, 0.05) is 5.56 Å². The van der Waals surface area contributed by atoms with Crippen molar-refractivity contribution in [2.24, 2.45) is 0 Å². The largest absolute Gasteiger partial charge is 0.368 e. The average Bonchev–Trinajstić information content (AvgIpc) is 2.98. The molecule has 0 saturated heterocycles. The Morgan fingerprint density at radius 3 is 2.67 bits per heavy atom. The molecule has 0 radical (unpaired) electrons. The third-order valence-corrected chi connectivity index (χ3v) is 3.53. The minimum atomic E-state index is -0.372. The minimum absolute atomic E-state index is 0.254. The van der Waals surface area contributed by atoms with Crippen LogP contribution in [0.3, 0.4) is 0 Å². The molecule has 0 aliphatic rings. The molecule has 0 aliphatic heterocycles. The third-order valence-electron chi connectivity index (χ3n) is 3.21. The van der Waals surface area contributed by atoms with Gasteiger partial charge >= 0.3 is 5.69 Å². The highest BCUT2D eigenvalue weighted by molar-refractivity contribution is 6.32. The molecule has 0 unspecified atom stereocenters. The zero-order valence-electron chi connectivity index (χ0n) is 11.4. The molecule has 0 fully saturated rings. The molecule has 108 valence electrons. The predicted molar refractivity (Wildman–Crippen MR) is 75.7 cm³/mol. The van der Waals surface area contributed by atoms with Crippen LogP contribution in [0.25, 0.3) is 5.69 Å². The van der Waals surface area contributed by atoms with E-state index in [1.807, 2.05) is 6.92 Å². The van der Waals surface area contributed by atoms with E-state index in [0.717, 1.165) is 11.3 Å². The smallest absolute Gasteiger partial charge is 0.361 e. The minimum Gasteiger partial charge on any atom is -0.361 e. The average molecular weight is 306 g/mol. The maximum Gasteiger partial charge on any atom is 0.368 e. The van der Waals surface area contributed by atoms with Gasteiger partial charge in [-0.25, -0.2) is 4.79 Å². The van der Waals surface area contributed by atoms with Crippen molar-refractivity contribution in [2.45, 2.75) is 20.4 Å². The van der Waals surface area contributed by atoms with Gasteiger partial charge in [0.15, 0.2) is 0 Å². The Kier molecular flexibility index (Phi) is 3.34. The van der Waals surface area contributed by atoms with Gasteiger partial charge in [-0.15, -0.1) is 0 Å². The lowest BCUT2D eigenvalue weighted by Gasteiger charge is -2.00. The van der Waals surface area contributed by atoms with Crippen molar-refractivity contribution in [1.82, 2.24) is 24.9 Å². The molecule has 3 aromatic rings. The Labute approximate surface area is 124 Å². The molecule has 0 spiro atoms. The number of halogens is 1. The summed E-state index contributed by atoms with van der Waals surface area (Å²) in [6, 6.07) is 6.96. The number of hydrogen-bond donors (Lipinski definition) is 0. The van der Waals surface area contributed by atoms with E-state index in [2.05, 4.69) is 15.6 Å². The predicted octanol–water partition coefficient (Wildman–Crippen LogP) is 1.74. The first kappa shape index (κ1) is 13.6. The Morgan fingerprint density at radius 1 is 1.24 bits per heavy atom. The second-order valence-corrected chi connectivity index (χ2v) is 4.99. The Balaban J connectivity index is 2.01. The zero-order valence-corrected chi connectivity index (χ0v) is 12.2. The molecular weight excluding hydrogens is 294 g/mol. The van der Waals surface area contributed by atoms with Crippen molar-refractivity contribution in [2.75, 3.05) is 0 Å². The van der Waals surface area contributed by atoms with Gasteiger partial charge in [-0.05, 0) is 36.4 Å². The van der Waals surface area contributed by atoms with Gasteiger partial charge < -0.3 is 4.52 Å². The normalized spacial score (nSPS) is 11.0. The van der Waals surface area contributed by atoms with E-state index in [9.17, 15) is 4.79 Å². The van der Waals surface area contributed by atoms with Crippen LogP contribution in [0.5, 0.6) is 0 Å². The molecule has 0 amide bonds. The van der Waals surface area contributed by atoms with E-state index in [1.165, 1.54) is 9.36 Å². The molecule has 0 N–H and O–H groups in total. The molecular formula is C13H12ClN5O2. The van der Waals surface area contributed by atoms with E-state index in [-0.39, 0.29) is 12.2 Å². The second kappa shape index (κ2) is 5.17. The van der Waals surface area contributed by atoms with Crippen LogP contribution < -0.4 is 5.69 Å². The van der Waals surface area contributed by atoms with Gasteiger partial charge in [0.1, 0.15) is 5.76 Å². The topological polar surface area (TPSA) is 78.7 Å². The lowest BCUT2D eigenvalue weighted by Crippen LogP contribution is -2.25. The van der Waals surface area contributed by atoms with Crippen LogP contribution in [0.15, 0.2) is 33.6 Å². The summed E-state index contributed by atoms with van der Waals surface area (Å²) in [7, 11) is 0. The molecule has 0 bridgehead atoms. The molecule has 0 saturated carbocycles. The number of para-hydroxylation sites is 1. The van der Waals surface area contributed by atoms with Crippen molar-refractivity contribution < 1.29 is 4.52 Å². The molecule has 1 aromatic carbocycles. The summed E-state index contributed by atoms with van der Waals surface area (Å²) in [4.78, 5) is 12.4. The van der Waals surface area contributed by atoms with Crippen LogP contribution >= 0.6 is 11.6 Å². The monoisotopic (exact) mass is 305 g/mol. The Bertz CT molecular complexity index is 829. The molecule has 8 heteroatoms. The number of tetrazole rings is 1. The first-order chi connectivity index (χ1) is 10.1. The Morgan fingerprint density at radius 2 is 2.00 bits per heavy atom. The summed E-state index contributed by atoms with van der Waals surface area (Å²) >= 11 is 6.07. The van der Waals surface area contributed by atoms with E-state index in [4.69, 9.17) is 16.1 Å². The summed E-state index contributed by atoms with van der Waals surface area (Å²) in [6.07, 6.45) is 0. The fourth-order valence-corrected chi connectivity index (χ4v) is 2.24. The van der Waals surface area contributed by atoms with E-state index >= 15 is 0 Å². The molecule has 21 heavy (non-hydrogen) atoms. The number of hydrogen-bond acceptors (Lipinski definition) is 5. The van der Waals surface area contributed by atoms with Crippen LogP contribution in [0, 0.1) is 13.8 Å². The molecule has 2 aromatic heterocycles. The van der Waals surface area contributed by atoms with E-state index in [0.29, 0.717) is 16.5 Å². The van der Waals surface area contributed by atoms with Crippen molar-refractivity contribution >= 4 is 11.6 Å². The van der Waals surface area contributed by atoms with Gasteiger partial charge in [0.2, 0.25) is 0 Å². The molecule has 0 atom stereocenters. The van der Waals surface area contributed by atoms with Gasteiger partial charge in [-0.3, -0.25) is 0 Å². The second-order valence-electron chi connectivity index (χ2n) is 4.59.